The zero-order valence-corrected chi connectivity index (χ0v) is 20.4. The number of anilines is 1. The first-order valence-electron chi connectivity index (χ1n) is 12.1. The third-order valence-corrected chi connectivity index (χ3v) is 6.93. The number of benzene rings is 2. The molecule has 35 heavy (non-hydrogen) atoms. The summed E-state index contributed by atoms with van der Waals surface area (Å²) in [7, 11) is 0. The third-order valence-electron chi connectivity index (χ3n) is 6.93. The summed E-state index contributed by atoms with van der Waals surface area (Å²) in [5.74, 6) is 0.316. The molecular weight excluding hydrogens is 446 g/mol. The minimum absolute atomic E-state index is 0.00445. The SMILES string of the molecule is CC1CC(C)CN(c2ccc(C(=O)N3CCN(Cc4ccc(C(N)=O)cc4)CC3)cc2[N+](=O)[O-])C1. The summed E-state index contributed by atoms with van der Waals surface area (Å²) in [6, 6.07) is 12.1. The van der Waals surface area contributed by atoms with Crippen molar-refractivity contribution >= 4 is 23.2 Å². The Morgan fingerprint density at radius 3 is 2.14 bits per heavy atom. The molecule has 0 aliphatic carbocycles. The van der Waals surface area contributed by atoms with Gasteiger partial charge >= 0.3 is 0 Å². The highest BCUT2D eigenvalue weighted by atomic mass is 16.6. The number of nitro benzene ring substituents is 1. The lowest BCUT2D eigenvalue weighted by Gasteiger charge is -2.36. The zero-order valence-electron chi connectivity index (χ0n) is 20.4. The van der Waals surface area contributed by atoms with Crippen molar-refractivity contribution < 1.29 is 14.5 Å². The fourth-order valence-electron chi connectivity index (χ4n) is 5.25. The first kappa shape index (κ1) is 24.7. The highest BCUT2D eigenvalue weighted by molar-refractivity contribution is 5.96. The summed E-state index contributed by atoms with van der Waals surface area (Å²) >= 11 is 0. The van der Waals surface area contributed by atoms with E-state index in [0.29, 0.717) is 61.4 Å². The van der Waals surface area contributed by atoms with E-state index in [2.05, 4.69) is 23.6 Å². The fraction of sp³-hybridized carbons (Fsp3) is 0.462. The highest BCUT2D eigenvalue weighted by Crippen LogP contribution is 2.34. The van der Waals surface area contributed by atoms with E-state index in [9.17, 15) is 19.7 Å². The normalized spacial score (nSPS) is 21.1. The van der Waals surface area contributed by atoms with Crippen LogP contribution in [0.2, 0.25) is 0 Å². The molecule has 2 aliphatic rings. The Morgan fingerprint density at radius 2 is 1.57 bits per heavy atom. The minimum Gasteiger partial charge on any atom is -0.366 e. The molecule has 0 spiro atoms. The van der Waals surface area contributed by atoms with Gasteiger partial charge in [-0.3, -0.25) is 24.6 Å². The quantitative estimate of drug-likeness (QED) is 0.503. The van der Waals surface area contributed by atoms with Crippen molar-refractivity contribution in [3.05, 3.63) is 69.3 Å². The fourth-order valence-corrected chi connectivity index (χ4v) is 5.25. The first-order chi connectivity index (χ1) is 16.7. The van der Waals surface area contributed by atoms with Crippen molar-refractivity contribution in [2.45, 2.75) is 26.8 Å². The van der Waals surface area contributed by atoms with Crippen molar-refractivity contribution in [1.82, 2.24) is 9.80 Å². The van der Waals surface area contributed by atoms with Crippen LogP contribution in [-0.2, 0) is 6.54 Å². The van der Waals surface area contributed by atoms with Gasteiger partial charge in [0, 0.05) is 63.0 Å². The predicted octanol–water partition coefficient (Wildman–Crippen LogP) is 3.13. The Labute approximate surface area is 205 Å². The molecular formula is C26H33N5O4. The Kier molecular flexibility index (Phi) is 7.35. The molecule has 2 saturated heterocycles. The van der Waals surface area contributed by atoms with Gasteiger partial charge in [-0.05, 0) is 48.1 Å². The third kappa shape index (κ3) is 5.79. The van der Waals surface area contributed by atoms with Crippen LogP contribution in [0, 0.1) is 22.0 Å². The minimum atomic E-state index is -0.447. The maximum Gasteiger partial charge on any atom is 0.293 e. The van der Waals surface area contributed by atoms with Crippen molar-refractivity contribution in [3.63, 3.8) is 0 Å². The van der Waals surface area contributed by atoms with Crippen LogP contribution < -0.4 is 10.6 Å². The molecule has 2 N–H and O–H groups in total. The molecule has 2 amide bonds. The molecule has 2 aliphatic heterocycles. The van der Waals surface area contributed by atoms with Gasteiger partial charge in [0.1, 0.15) is 5.69 Å². The van der Waals surface area contributed by atoms with Crippen LogP contribution in [0.25, 0.3) is 0 Å². The lowest BCUT2D eigenvalue weighted by Crippen LogP contribution is -2.48. The molecule has 0 saturated carbocycles. The second kappa shape index (κ2) is 10.4. The number of piperidine rings is 1. The largest absolute Gasteiger partial charge is 0.366 e. The number of carbonyl (C=O) groups is 2. The van der Waals surface area contributed by atoms with Gasteiger partial charge in [-0.25, -0.2) is 0 Å². The Bertz CT molecular complexity index is 1090. The van der Waals surface area contributed by atoms with E-state index in [1.165, 1.54) is 6.07 Å². The molecule has 2 fully saturated rings. The first-order valence-corrected chi connectivity index (χ1v) is 12.1. The van der Waals surface area contributed by atoms with E-state index >= 15 is 0 Å². The Balaban J connectivity index is 1.40. The molecule has 9 heteroatoms. The van der Waals surface area contributed by atoms with E-state index in [1.807, 2.05) is 12.1 Å². The van der Waals surface area contributed by atoms with Crippen molar-refractivity contribution in [3.8, 4) is 0 Å². The highest BCUT2D eigenvalue weighted by Gasteiger charge is 2.29. The van der Waals surface area contributed by atoms with Gasteiger partial charge in [0.15, 0.2) is 0 Å². The second-order valence-electron chi connectivity index (χ2n) is 9.94. The zero-order chi connectivity index (χ0) is 25.1. The van der Waals surface area contributed by atoms with Gasteiger partial charge in [0.25, 0.3) is 11.6 Å². The summed E-state index contributed by atoms with van der Waals surface area (Å²) in [4.78, 5) is 42.0. The molecule has 2 atom stereocenters. The van der Waals surface area contributed by atoms with Crippen molar-refractivity contribution in [2.24, 2.45) is 17.6 Å². The van der Waals surface area contributed by atoms with Gasteiger partial charge in [-0.1, -0.05) is 26.0 Å². The van der Waals surface area contributed by atoms with E-state index in [0.717, 1.165) is 25.1 Å². The molecule has 0 radical (unpaired) electrons. The van der Waals surface area contributed by atoms with E-state index in [-0.39, 0.29) is 16.5 Å². The van der Waals surface area contributed by atoms with Crippen LogP contribution in [0.5, 0.6) is 0 Å². The number of nitro groups is 1. The monoisotopic (exact) mass is 479 g/mol. The maximum atomic E-state index is 13.2. The summed E-state index contributed by atoms with van der Waals surface area (Å²) < 4.78 is 0. The predicted molar refractivity (Wildman–Crippen MR) is 134 cm³/mol. The average Bonchev–Trinajstić information content (AvgIpc) is 2.83. The smallest absolute Gasteiger partial charge is 0.293 e. The van der Waals surface area contributed by atoms with Gasteiger partial charge in [-0.2, -0.15) is 0 Å². The summed E-state index contributed by atoms with van der Waals surface area (Å²) in [5, 5.41) is 11.9. The standard InChI is InChI=1S/C26H33N5O4/c1-18-13-19(2)16-30(15-18)23-8-7-22(14-24(23)31(34)35)26(33)29-11-9-28(10-12-29)17-20-3-5-21(6-4-20)25(27)32/h3-8,14,18-19H,9-13,15-17H2,1-2H3,(H2,27,32). The molecule has 186 valence electrons. The molecule has 0 aromatic heterocycles. The van der Waals surface area contributed by atoms with Crippen LogP contribution >= 0.6 is 0 Å². The van der Waals surface area contributed by atoms with Crippen molar-refractivity contribution in [2.75, 3.05) is 44.2 Å². The van der Waals surface area contributed by atoms with Crippen LogP contribution in [0.15, 0.2) is 42.5 Å². The number of piperazine rings is 1. The number of hydrogen-bond donors (Lipinski definition) is 1. The van der Waals surface area contributed by atoms with Crippen molar-refractivity contribution in [1.29, 1.82) is 0 Å². The van der Waals surface area contributed by atoms with Gasteiger partial charge in [0.2, 0.25) is 5.91 Å². The number of primary amides is 1. The number of hydrogen-bond acceptors (Lipinski definition) is 6. The maximum absolute atomic E-state index is 13.2. The van der Waals surface area contributed by atoms with Crippen LogP contribution in [-0.4, -0.2) is 65.8 Å². The van der Waals surface area contributed by atoms with Crippen LogP contribution in [0.3, 0.4) is 0 Å². The number of amides is 2. The number of nitrogens with zero attached hydrogens (tertiary/aromatic N) is 4. The molecule has 9 nitrogen and oxygen atoms in total. The number of nitrogens with two attached hydrogens (primary N) is 1. The molecule has 0 bridgehead atoms. The number of rotatable bonds is 6. The van der Waals surface area contributed by atoms with Crippen LogP contribution in [0.1, 0.15) is 46.5 Å². The summed E-state index contributed by atoms with van der Waals surface area (Å²) in [6.07, 6.45) is 1.12. The lowest BCUT2D eigenvalue weighted by molar-refractivity contribution is -0.384. The Hall–Kier alpha value is -3.46. The summed E-state index contributed by atoms with van der Waals surface area (Å²) in [6.45, 7) is 9.12. The molecule has 2 unspecified atom stereocenters. The Morgan fingerprint density at radius 1 is 0.971 bits per heavy atom. The second-order valence-corrected chi connectivity index (χ2v) is 9.94. The molecule has 2 aromatic rings. The average molecular weight is 480 g/mol. The lowest BCUT2D eigenvalue weighted by atomic mass is 9.91. The number of carbonyl (C=O) groups excluding carboxylic acids is 2. The molecule has 2 aromatic carbocycles. The van der Waals surface area contributed by atoms with E-state index in [4.69, 9.17) is 5.73 Å². The summed E-state index contributed by atoms with van der Waals surface area (Å²) in [5.41, 5.74) is 7.79. The van der Waals surface area contributed by atoms with Gasteiger partial charge in [-0.15, -0.1) is 0 Å². The molecule has 2 heterocycles. The van der Waals surface area contributed by atoms with Crippen LogP contribution in [0.4, 0.5) is 11.4 Å². The topological polar surface area (TPSA) is 113 Å². The van der Waals surface area contributed by atoms with Gasteiger partial charge < -0.3 is 15.5 Å². The molecule has 4 rings (SSSR count). The van der Waals surface area contributed by atoms with Gasteiger partial charge in [0.05, 0.1) is 4.92 Å². The van der Waals surface area contributed by atoms with E-state index in [1.54, 1.807) is 29.2 Å². The van der Waals surface area contributed by atoms with E-state index < -0.39 is 5.91 Å².